The first-order valence-corrected chi connectivity index (χ1v) is 9.13. The van der Waals surface area contributed by atoms with Crippen molar-refractivity contribution in [3.05, 3.63) is 35.9 Å². The fourth-order valence-corrected chi connectivity index (χ4v) is 3.58. The van der Waals surface area contributed by atoms with Crippen LogP contribution >= 0.6 is 0 Å². The first-order chi connectivity index (χ1) is 14.4. The van der Waals surface area contributed by atoms with Gasteiger partial charge in [0.2, 0.25) is 11.7 Å². The fraction of sp³-hybridized carbons (Fsp3) is 0.333. The van der Waals surface area contributed by atoms with Crippen molar-refractivity contribution in [1.29, 1.82) is 0 Å². The maximum Gasteiger partial charge on any atom is 0.252 e. The van der Waals surface area contributed by atoms with Gasteiger partial charge in [-0.1, -0.05) is 6.07 Å². The number of rotatable bonds is 7. The summed E-state index contributed by atoms with van der Waals surface area (Å²) in [4.78, 5) is 26.1. The number of nitrogens with one attached hydrogen (secondary N) is 1. The van der Waals surface area contributed by atoms with Crippen molar-refractivity contribution in [2.45, 2.75) is 19.0 Å². The average molecular weight is 416 g/mol. The predicted octanol–water partition coefficient (Wildman–Crippen LogP) is 2.02. The van der Waals surface area contributed by atoms with Gasteiger partial charge in [0, 0.05) is 19.1 Å². The van der Waals surface area contributed by atoms with Crippen LogP contribution in [0.4, 0.5) is 5.69 Å². The lowest BCUT2D eigenvalue weighted by atomic mass is 9.87. The van der Waals surface area contributed by atoms with E-state index in [2.05, 4.69) is 5.32 Å². The molecule has 0 spiro atoms. The second kappa shape index (κ2) is 8.40. The molecule has 0 radical (unpaired) electrons. The zero-order valence-corrected chi connectivity index (χ0v) is 17.4. The molecule has 9 nitrogen and oxygen atoms in total. The number of nitrogens with zero attached hydrogens (tertiary/aromatic N) is 1. The zero-order chi connectivity index (χ0) is 22.0. The van der Waals surface area contributed by atoms with E-state index in [-0.39, 0.29) is 17.6 Å². The van der Waals surface area contributed by atoms with Crippen LogP contribution in [0, 0.1) is 0 Å². The summed E-state index contributed by atoms with van der Waals surface area (Å²) in [6.45, 7) is 1.35. The quantitative estimate of drug-likeness (QED) is 0.665. The number of hydrogen-bond donors (Lipinski definition) is 2. The van der Waals surface area contributed by atoms with Crippen LogP contribution in [0.2, 0.25) is 0 Å². The third-order valence-electron chi connectivity index (χ3n) is 4.93. The standard InChI is InChI=1S/C21H24N2O7/c1-11(24)22-18-19(12-6-7-15(27-2)14(25)8-12)23(21(18)26)13-9-16(28-3)20(30-5)17(10-13)29-4/h6-10,18-19,25H,1-5H3,(H,22,24)/t18-,19-/m0/s1. The minimum absolute atomic E-state index is 0.0687. The number of β-lactam (4-membered cyclic amide) rings is 1. The Balaban J connectivity index is 2.09. The largest absolute Gasteiger partial charge is 0.504 e. The highest BCUT2D eigenvalue weighted by atomic mass is 16.5. The van der Waals surface area contributed by atoms with E-state index in [9.17, 15) is 14.7 Å². The first kappa shape index (κ1) is 21.1. The Morgan fingerprint density at radius 1 is 0.967 bits per heavy atom. The van der Waals surface area contributed by atoms with Crippen LogP contribution in [0.15, 0.2) is 30.3 Å². The molecule has 0 unspecified atom stereocenters. The number of phenolic OH excluding ortho intramolecular Hbond substituents is 1. The van der Waals surface area contributed by atoms with Crippen LogP contribution in [0.25, 0.3) is 0 Å². The summed E-state index contributed by atoms with van der Waals surface area (Å²) in [5, 5.41) is 12.9. The van der Waals surface area contributed by atoms with Gasteiger partial charge >= 0.3 is 0 Å². The molecule has 1 heterocycles. The van der Waals surface area contributed by atoms with Crippen molar-refractivity contribution >= 4 is 17.5 Å². The SMILES string of the molecule is COc1ccc([C@H]2[C@H](NC(C)=O)C(=O)N2c2cc(OC)c(OC)c(OC)c2)cc1O. The van der Waals surface area contributed by atoms with Gasteiger partial charge in [0.05, 0.1) is 40.2 Å². The van der Waals surface area contributed by atoms with Crippen LogP contribution in [-0.2, 0) is 9.59 Å². The second-order valence-corrected chi connectivity index (χ2v) is 6.65. The molecule has 0 aliphatic carbocycles. The van der Waals surface area contributed by atoms with E-state index in [0.29, 0.717) is 34.2 Å². The molecule has 160 valence electrons. The van der Waals surface area contributed by atoms with E-state index < -0.39 is 12.1 Å². The van der Waals surface area contributed by atoms with Gasteiger partial charge in [-0.3, -0.25) is 9.59 Å². The minimum Gasteiger partial charge on any atom is -0.504 e. The molecule has 30 heavy (non-hydrogen) atoms. The third-order valence-corrected chi connectivity index (χ3v) is 4.93. The predicted molar refractivity (Wildman–Crippen MR) is 109 cm³/mol. The summed E-state index contributed by atoms with van der Waals surface area (Å²) in [6, 6.07) is 6.81. The summed E-state index contributed by atoms with van der Waals surface area (Å²) in [6.07, 6.45) is 0. The molecule has 0 saturated carbocycles. The summed E-state index contributed by atoms with van der Waals surface area (Å²) in [7, 11) is 5.91. The average Bonchev–Trinajstić information content (AvgIpc) is 2.74. The van der Waals surface area contributed by atoms with Crippen molar-refractivity contribution in [3.63, 3.8) is 0 Å². The van der Waals surface area contributed by atoms with Crippen molar-refractivity contribution in [2.75, 3.05) is 33.3 Å². The van der Waals surface area contributed by atoms with E-state index >= 15 is 0 Å². The van der Waals surface area contributed by atoms with E-state index in [1.54, 1.807) is 24.3 Å². The highest BCUT2D eigenvalue weighted by Crippen LogP contribution is 2.47. The molecule has 2 N–H and O–H groups in total. The summed E-state index contributed by atoms with van der Waals surface area (Å²) in [5.41, 5.74) is 1.12. The Kier molecular flexibility index (Phi) is 5.91. The lowest BCUT2D eigenvalue weighted by molar-refractivity contribution is -0.132. The van der Waals surface area contributed by atoms with E-state index in [0.717, 1.165) is 0 Å². The van der Waals surface area contributed by atoms with Gasteiger partial charge in [-0.15, -0.1) is 0 Å². The maximum absolute atomic E-state index is 13.0. The molecule has 1 aliphatic rings. The molecule has 2 amide bonds. The number of hydrogen-bond acceptors (Lipinski definition) is 7. The van der Waals surface area contributed by atoms with Crippen LogP contribution in [0.5, 0.6) is 28.7 Å². The molecular formula is C21H24N2O7. The van der Waals surface area contributed by atoms with E-state index in [1.807, 2.05) is 0 Å². The molecule has 1 fully saturated rings. The molecule has 0 aromatic heterocycles. The minimum atomic E-state index is -0.783. The number of anilines is 1. The second-order valence-electron chi connectivity index (χ2n) is 6.65. The molecule has 2 aromatic rings. The summed E-state index contributed by atoms with van der Waals surface area (Å²) in [5.74, 6) is 0.771. The number of benzene rings is 2. The monoisotopic (exact) mass is 416 g/mol. The zero-order valence-electron chi connectivity index (χ0n) is 17.4. The Hall–Kier alpha value is -3.62. The van der Waals surface area contributed by atoms with Gasteiger partial charge in [-0.2, -0.15) is 0 Å². The first-order valence-electron chi connectivity index (χ1n) is 9.13. The highest BCUT2D eigenvalue weighted by molar-refractivity contribution is 6.07. The summed E-state index contributed by atoms with van der Waals surface area (Å²) >= 11 is 0. The number of methoxy groups -OCH3 is 4. The number of aromatic hydroxyl groups is 1. The molecule has 1 saturated heterocycles. The maximum atomic E-state index is 13.0. The van der Waals surface area contributed by atoms with Gasteiger partial charge in [-0.25, -0.2) is 0 Å². The van der Waals surface area contributed by atoms with Crippen LogP contribution < -0.4 is 29.2 Å². The molecule has 1 aliphatic heterocycles. The normalized spacial score (nSPS) is 17.8. The number of ether oxygens (including phenoxy) is 4. The van der Waals surface area contributed by atoms with E-state index in [4.69, 9.17) is 18.9 Å². The molecule has 0 bridgehead atoms. The Labute approximate surface area is 174 Å². The molecular weight excluding hydrogens is 392 g/mol. The topological polar surface area (TPSA) is 107 Å². The molecule has 3 rings (SSSR count). The van der Waals surface area contributed by atoms with E-state index in [1.165, 1.54) is 46.3 Å². The van der Waals surface area contributed by atoms with Crippen LogP contribution in [-0.4, -0.2) is 51.4 Å². The summed E-state index contributed by atoms with van der Waals surface area (Å²) < 4.78 is 21.2. The van der Waals surface area contributed by atoms with Gasteiger partial charge in [-0.05, 0) is 17.7 Å². The lowest BCUT2D eigenvalue weighted by Crippen LogP contribution is -2.65. The van der Waals surface area contributed by atoms with Gasteiger partial charge in [0.1, 0.15) is 6.04 Å². The fourth-order valence-electron chi connectivity index (χ4n) is 3.58. The van der Waals surface area contributed by atoms with Crippen molar-refractivity contribution in [1.82, 2.24) is 5.32 Å². The molecule has 2 aromatic carbocycles. The van der Waals surface area contributed by atoms with Crippen molar-refractivity contribution in [3.8, 4) is 28.7 Å². The van der Waals surface area contributed by atoms with Crippen LogP contribution in [0.3, 0.4) is 0 Å². The molecule has 9 heteroatoms. The van der Waals surface area contributed by atoms with Crippen molar-refractivity contribution < 1.29 is 33.6 Å². The Morgan fingerprint density at radius 2 is 1.57 bits per heavy atom. The number of carbonyl (C=O) groups excluding carboxylic acids is 2. The Bertz CT molecular complexity index is 951. The number of phenols is 1. The van der Waals surface area contributed by atoms with Gasteiger partial charge in [0.25, 0.3) is 5.91 Å². The highest BCUT2D eigenvalue weighted by Gasteiger charge is 2.50. The van der Waals surface area contributed by atoms with Gasteiger partial charge in [0.15, 0.2) is 23.0 Å². The van der Waals surface area contributed by atoms with Crippen LogP contribution in [0.1, 0.15) is 18.5 Å². The number of carbonyl (C=O) groups is 2. The number of amides is 2. The third kappa shape index (κ3) is 3.54. The Morgan fingerprint density at radius 3 is 2.03 bits per heavy atom. The molecule has 2 atom stereocenters. The lowest BCUT2D eigenvalue weighted by Gasteiger charge is -2.47. The van der Waals surface area contributed by atoms with Gasteiger partial charge < -0.3 is 34.3 Å². The van der Waals surface area contributed by atoms with Crippen molar-refractivity contribution in [2.24, 2.45) is 0 Å². The smallest absolute Gasteiger partial charge is 0.252 e.